The average molecular weight is 242 g/mol. The highest BCUT2D eigenvalue weighted by Crippen LogP contribution is 2.04. The van der Waals surface area contributed by atoms with Crippen molar-refractivity contribution in [2.45, 2.75) is 64.7 Å². The first-order valence-corrected chi connectivity index (χ1v) is 7.22. The molecule has 0 aromatic rings. The molecule has 0 aliphatic heterocycles. The Labute approximate surface area is 107 Å². The van der Waals surface area contributed by atoms with Crippen LogP contribution in [0.2, 0.25) is 0 Å². The third kappa shape index (κ3) is 13.4. The highest BCUT2D eigenvalue weighted by atomic mass is 16.1. The quantitative estimate of drug-likeness (QED) is 0.517. The average Bonchev–Trinajstić information content (AvgIpc) is 2.35. The SMILES string of the molecule is CCCCCCCCNCCCCC(=O)NC. The smallest absolute Gasteiger partial charge is 0.219 e. The third-order valence-electron chi connectivity index (χ3n) is 2.99. The van der Waals surface area contributed by atoms with Gasteiger partial charge >= 0.3 is 0 Å². The van der Waals surface area contributed by atoms with Crippen molar-refractivity contribution in [3.8, 4) is 0 Å². The molecule has 0 aromatic heterocycles. The molecule has 3 nitrogen and oxygen atoms in total. The van der Waals surface area contributed by atoms with E-state index in [2.05, 4.69) is 17.6 Å². The van der Waals surface area contributed by atoms with Gasteiger partial charge in [0.2, 0.25) is 5.91 Å². The summed E-state index contributed by atoms with van der Waals surface area (Å²) in [6.45, 7) is 4.43. The molecule has 0 atom stereocenters. The predicted octanol–water partition coefficient (Wildman–Crippen LogP) is 2.85. The van der Waals surface area contributed by atoms with Crippen LogP contribution in [0.5, 0.6) is 0 Å². The van der Waals surface area contributed by atoms with Gasteiger partial charge in [-0.3, -0.25) is 4.79 Å². The molecule has 0 unspecified atom stereocenters. The lowest BCUT2D eigenvalue weighted by molar-refractivity contribution is -0.120. The van der Waals surface area contributed by atoms with E-state index in [0.29, 0.717) is 6.42 Å². The summed E-state index contributed by atoms with van der Waals surface area (Å²) in [6.07, 6.45) is 10.9. The van der Waals surface area contributed by atoms with Crippen molar-refractivity contribution in [3.63, 3.8) is 0 Å². The van der Waals surface area contributed by atoms with Gasteiger partial charge in [-0.05, 0) is 32.4 Å². The molecule has 0 aliphatic carbocycles. The van der Waals surface area contributed by atoms with Crippen molar-refractivity contribution >= 4 is 5.91 Å². The standard InChI is InChI=1S/C14H30N2O/c1-3-4-5-6-7-9-12-16-13-10-8-11-14(17)15-2/h16H,3-13H2,1-2H3,(H,15,17). The fourth-order valence-corrected chi connectivity index (χ4v) is 1.82. The van der Waals surface area contributed by atoms with Crippen LogP contribution in [0.1, 0.15) is 64.7 Å². The first-order valence-electron chi connectivity index (χ1n) is 7.22. The summed E-state index contributed by atoms with van der Waals surface area (Å²) in [7, 11) is 1.69. The summed E-state index contributed by atoms with van der Waals surface area (Å²) in [5, 5.41) is 6.08. The molecule has 1 amide bonds. The number of unbranched alkanes of at least 4 members (excludes halogenated alkanes) is 6. The van der Waals surface area contributed by atoms with Crippen LogP contribution in [-0.2, 0) is 4.79 Å². The van der Waals surface area contributed by atoms with Gasteiger partial charge in [0.1, 0.15) is 0 Å². The zero-order chi connectivity index (χ0) is 12.8. The molecule has 0 saturated heterocycles. The predicted molar refractivity (Wildman–Crippen MR) is 74.2 cm³/mol. The van der Waals surface area contributed by atoms with E-state index in [9.17, 15) is 4.79 Å². The number of nitrogens with one attached hydrogen (secondary N) is 2. The zero-order valence-corrected chi connectivity index (χ0v) is 11.7. The number of carbonyl (C=O) groups is 1. The minimum Gasteiger partial charge on any atom is -0.359 e. The van der Waals surface area contributed by atoms with Gasteiger partial charge < -0.3 is 10.6 Å². The van der Waals surface area contributed by atoms with E-state index in [1.54, 1.807) is 7.05 Å². The topological polar surface area (TPSA) is 41.1 Å². The fraction of sp³-hybridized carbons (Fsp3) is 0.929. The monoisotopic (exact) mass is 242 g/mol. The van der Waals surface area contributed by atoms with E-state index >= 15 is 0 Å². The maximum atomic E-state index is 10.9. The number of hydrogen-bond acceptors (Lipinski definition) is 2. The maximum Gasteiger partial charge on any atom is 0.219 e. The van der Waals surface area contributed by atoms with Crippen molar-refractivity contribution in [1.29, 1.82) is 0 Å². The van der Waals surface area contributed by atoms with Gasteiger partial charge in [0.05, 0.1) is 0 Å². The van der Waals surface area contributed by atoms with E-state index in [4.69, 9.17) is 0 Å². The van der Waals surface area contributed by atoms with E-state index in [0.717, 1.165) is 25.9 Å². The molecule has 0 aliphatic rings. The van der Waals surface area contributed by atoms with Gasteiger partial charge in [0.25, 0.3) is 0 Å². The van der Waals surface area contributed by atoms with Gasteiger partial charge in [0.15, 0.2) is 0 Å². The maximum absolute atomic E-state index is 10.9. The second kappa shape index (κ2) is 13.5. The fourth-order valence-electron chi connectivity index (χ4n) is 1.82. The molecule has 0 rings (SSSR count). The van der Waals surface area contributed by atoms with Crippen LogP contribution in [0.25, 0.3) is 0 Å². The van der Waals surface area contributed by atoms with Crippen molar-refractivity contribution < 1.29 is 4.79 Å². The number of hydrogen-bond donors (Lipinski definition) is 2. The summed E-state index contributed by atoms with van der Waals surface area (Å²) in [4.78, 5) is 10.9. The molecule has 0 heterocycles. The molecule has 0 saturated carbocycles. The Kier molecular flexibility index (Phi) is 13.0. The zero-order valence-electron chi connectivity index (χ0n) is 11.7. The molecule has 17 heavy (non-hydrogen) atoms. The lowest BCUT2D eigenvalue weighted by Crippen LogP contribution is -2.19. The Balaban J connectivity index is 2.96. The Morgan fingerprint density at radius 1 is 0.882 bits per heavy atom. The van der Waals surface area contributed by atoms with Gasteiger partial charge in [-0.2, -0.15) is 0 Å². The second-order valence-electron chi connectivity index (χ2n) is 4.65. The van der Waals surface area contributed by atoms with E-state index in [1.165, 1.54) is 38.5 Å². The summed E-state index contributed by atoms with van der Waals surface area (Å²) < 4.78 is 0. The first-order chi connectivity index (χ1) is 8.31. The Morgan fingerprint density at radius 3 is 2.12 bits per heavy atom. The van der Waals surface area contributed by atoms with Crippen LogP contribution in [-0.4, -0.2) is 26.0 Å². The summed E-state index contributed by atoms with van der Waals surface area (Å²) in [6, 6.07) is 0. The normalized spacial score (nSPS) is 10.5. The third-order valence-corrected chi connectivity index (χ3v) is 2.99. The Bertz CT molecular complexity index is 172. The minimum atomic E-state index is 0.154. The molecule has 0 bridgehead atoms. The molecular weight excluding hydrogens is 212 g/mol. The molecule has 0 fully saturated rings. The molecule has 0 spiro atoms. The molecule has 102 valence electrons. The second-order valence-corrected chi connectivity index (χ2v) is 4.65. The van der Waals surface area contributed by atoms with Crippen LogP contribution in [0, 0.1) is 0 Å². The van der Waals surface area contributed by atoms with E-state index in [1.807, 2.05) is 0 Å². The van der Waals surface area contributed by atoms with Crippen LogP contribution in [0.3, 0.4) is 0 Å². The summed E-state index contributed by atoms with van der Waals surface area (Å²) in [5.74, 6) is 0.154. The number of carbonyl (C=O) groups excluding carboxylic acids is 1. The van der Waals surface area contributed by atoms with Crippen molar-refractivity contribution in [2.24, 2.45) is 0 Å². The molecule has 0 aromatic carbocycles. The molecule has 3 heteroatoms. The largest absolute Gasteiger partial charge is 0.359 e. The number of amides is 1. The highest BCUT2D eigenvalue weighted by molar-refractivity contribution is 5.75. The van der Waals surface area contributed by atoms with Crippen molar-refractivity contribution in [3.05, 3.63) is 0 Å². The van der Waals surface area contributed by atoms with Gasteiger partial charge in [0, 0.05) is 13.5 Å². The van der Waals surface area contributed by atoms with E-state index in [-0.39, 0.29) is 5.91 Å². The molecule has 2 N–H and O–H groups in total. The summed E-state index contributed by atoms with van der Waals surface area (Å²) in [5.41, 5.74) is 0. The Hall–Kier alpha value is -0.570. The highest BCUT2D eigenvalue weighted by Gasteiger charge is 1.96. The minimum absolute atomic E-state index is 0.154. The first kappa shape index (κ1) is 16.4. The molecule has 0 radical (unpaired) electrons. The lowest BCUT2D eigenvalue weighted by atomic mass is 10.1. The lowest BCUT2D eigenvalue weighted by Gasteiger charge is -2.04. The van der Waals surface area contributed by atoms with Gasteiger partial charge in [-0.15, -0.1) is 0 Å². The number of rotatable bonds is 12. The molecular formula is C14H30N2O. The van der Waals surface area contributed by atoms with Crippen LogP contribution >= 0.6 is 0 Å². The van der Waals surface area contributed by atoms with Crippen LogP contribution in [0.4, 0.5) is 0 Å². The Morgan fingerprint density at radius 2 is 1.47 bits per heavy atom. The van der Waals surface area contributed by atoms with Crippen molar-refractivity contribution in [1.82, 2.24) is 10.6 Å². The van der Waals surface area contributed by atoms with E-state index < -0.39 is 0 Å². The van der Waals surface area contributed by atoms with Gasteiger partial charge in [-0.1, -0.05) is 39.0 Å². The van der Waals surface area contributed by atoms with Crippen LogP contribution in [0.15, 0.2) is 0 Å². The van der Waals surface area contributed by atoms with Crippen molar-refractivity contribution in [2.75, 3.05) is 20.1 Å². The summed E-state index contributed by atoms with van der Waals surface area (Å²) >= 11 is 0. The van der Waals surface area contributed by atoms with Crippen LogP contribution < -0.4 is 10.6 Å². The van der Waals surface area contributed by atoms with Gasteiger partial charge in [-0.25, -0.2) is 0 Å².